The minimum Gasteiger partial charge on any atom is -0.361 e. The lowest BCUT2D eigenvalue weighted by molar-refractivity contribution is 0.199. The second kappa shape index (κ2) is 3.14. The van der Waals surface area contributed by atoms with Crippen molar-refractivity contribution in [2.75, 3.05) is 6.54 Å². The fourth-order valence-corrected chi connectivity index (χ4v) is 1.85. The van der Waals surface area contributed by atoms with Crippen molar-refractivity contribution in [2.24, 2.45) is 0 Å². The molecule has 2 heterocycles. The number of nitrogens with zero attached hydrogens (tertiary/aromatic N) is 2. The number of hydrogen-bond donors (Lipinski definition) is 0. The van der Waals surface area contributed by atoms with Gasteiger partial charge in [-0.15, -0.1) is 0 Å². The van der Waals surface area contributed by atoms with Gasteiger partial charge in [0.05, 0.1) is 0 Å². The maximum Gasteiger partial charge on any atom is 0.137 e. The molecular weight excluding hydrogens is 164 g/mol. The molecule has 0 spiro atoms. The number of hydrogen-bond acceptors (Lipinski definition) is 3. The SMILES string of the molecule is Cc1onc2c1CCN(C(C)C)C2. The summed E-state index contributed by atoms with van der Waals surface area (Å²) in [6, 6.07) is 0.602. The molecule has 0 saturated carbocycles. The Morgan fingerprint density at radius 2 is 2.23 bits per heavy atom. The standard InChI is InChI=1S/C10H16N2O/c1-7(2)12-5-4-9-8(3)13-11-10(9)6-12/h7H,4-6H2,1-3H3. The average Bonchev–Trinajstić information content (AvgIpc) is 2.47. The molecular formula is C10H16N2O. The predicted molar refractivity (Wildman–Crippen MR) is 50.5 cm³/mol. The number of rotatable bonds is 1. The van der Waals surface area contributed by atoms with E-state index < -0.39 is 0 Å². The van der Waals surface area contributed by atoms with Gasteiger partial charge in [-0.1, -0.05) is 5.16 Å². The lowest BCUT2D eigenvalue weighted by atomic mass is 10.0. The third kappa shape index (κ3) is 1.48. The fraction of sp³-hybridized carbons (Fsp3) is 0.700. The van der Waals surface area contributed by atoms with Crippen molar-refractivity contribution in [2.45, 2.75) is 39.8 Å². The molecule has 1 aromatic rings. The van der Waals surface area contributed by atoms with Gasteiger partial charge in [0.25, 0.3) is 0 Å². The highest BCUT2D eigenvalue weighted by atomic mass is 16.5. The molecule has 0 bridgehead atoms. The van der Waals surface area contributed by atoms with Crippen LogP contribution in [0.3, 0.4) is 0 Å². The van der Waals surface area contributed by atoms with Crippen LogP contribution in [0.25, 0.3) is 0 Å². The van der Waals surface area contributed by atoms with Gasteiger partial charge in [-0.05, 0) is 27.2 Å². The first-order chi connectivity index (χ1) is 6.18. The van der Waals surface area contributed by atoms with Crippen LogP contribution in [0.1, 0.15) is 30.9 Å². The molecule has 1 aliphatic heterocycles. The van der Waals surface area contributed by atoms with Gasteiger partial charge < -0.3 is 4.52 Å². The summed E-state index contributed by atoms with van der Waals surface area (Å²) >= 11 is 0. The van der Waals surface area contributed by atoms with Crippen LogP contribution >= 0.6 is 0 Å². The highest BCUT2D eigenvalue weighted by Gasteiger charge is 2.22. The Morgan fingerprint density at radius 1 is 1.46 bits per heavy atom. The largest absolute Gasteiger partial charge is 0.361 e. The van der Waals surface area contributed by atoms with E-state index in [1.807, 2.05) is 6.92 Å². The molecule has 0 aliphatic carbocycles. The van der Waals surface area contributed by atoms with Crippen LogP contribution in [0.5, 0.6) is 0 Å². The van der Waals surface area contributed by atoms with E-state index in [0.29, 0.717) is 6.04 Å². The summed E-state index contributed by atoms with van der Waals surface area (Å²) in [6.07, 6.45) is 1.09. The Bertz CT molecular complexity index is 304. The van der Waals surface area contributed by atoms with E-state index in [1.54, 1.807) is 0 Å². The zero-order valence-electron chi connectivity index (χ0n) is 8.50. The summed E-state index contributed by atoms with van der Waals surface area (Å²) < 4.78 is 5.17. The van der Waals surface area contributed by atoms with Gasteiger partial charge >= 0.3 is 0 Å². The van der Waals surface area contributed by atoms with E-state index in [0.717, 1.165) is 31.0 Å². The molecule has 0 unspecified atom stereocenters. The molecule has 72 valence electrons. The summed E-state index contributed by atoms with van der Waals surface area (Å²) in [7, 11) is 0. The van der Waals surface area contributed by atoms with Gasteiger partial charge in [0.15, 0.2) is 0 Å². The van der Waals surface area contributed by atoms with Crippen LogP contribution in [0, 0.1) is 6.92 Å². The van der Waals surface area contributed by atoms with Gasteiger partial charge in [-0.25, -0.2) is 0 Å². The van der Waals surface area contributed by atoms with E-state index >= 15 is 0 Å². The van der Waals surface area contributed by atoms with Crippen LogP contribution in [0.2, 0.25) is 0 Å². The van der Waals surface area contributed by atoms with Crippen molar-refractivity contribution in [3.63, 3.8) is 0 Å². The van der Waals surface area contributed by atoms with E-state index in [9.17, 15) is 0 Å². The highest BCUT2D eigenvalue weighted by molar-refractivity contribution is 5.24. The Labute approximate surface area is 78.7 Å². The molecule has 2 rings (SSSR count). The summed E-state index contributed by atoms with van der Waals surface area (Å²) in [5, 5.41) is 4.07. The summed E-state index contributed by atoms with van der Waals surface area (Å²) in [6.45, 7) is 8.52. The van der Waals surface area contributed by atoms with Gasteiger partial charge in [-0.3, -0.25) is 4.90 Å². The lowest BCUT2D eigenvalue weighted by Gasteiger charge is -2.29. The Kier molecular flexibility index (Phi) is 2.12. The Balaban J connectivity index is 2.21. The molecule has 0 fully saturated rings. The average molecular weight is 180 g/mol. The molecule has 0 aromatic carbocycles. The molecule has 13 heavy (non-hydrogen) atoms. The molecule has 3 heteroatoms. The van der Waals surface area contributed by atoms with Crippen LogP contribution in [-0.4, -0.2) is 22.6 Å². The Morgan fingerprint density at radius 3 is 2.92 bits per heavy atom. The zero-order chi connectivity index (χ0) is 9.42. The van der Waals surface area contributed by atoms with Gasteiger partial charge in [-0.2, -0.15) is 0 Å². The molecule has 3 nitrogen and oxygen atoms in total. The van der Waals surface area contributed by atoms with E-state index in [1.165, 1.54) is 5.56 Å². The molecule has 0 saturated heterocycles. The van der Waals surface area contributed by atoms with Crippen LogP contribution in [0.15, 0.2) is 4.52 Å². The molecule has 0 radical (unpaired) electrons. The number of fused-ring (bicyclic) bond motifs is 1. The normalized spacial score (nSPS) is 17.8. The van der Waals surface area contributed by atoms with Gasteiger partial charge in [0.2, 0.25) is 0 Å². The quantitative estimate of drug-likeness (QED) is 0.659. The first kappa shape index (κ1) is 8.75. The summed E-state index contributed by atoms with van der Waals surface area (Å²) in [4.78, 5) is 2.42. The second-order valence-electron chi connectivity index (χ2n) is 3.98. The summed E-state index contributed by atoms with van der Waals surface area (Å²) in [5.74, 6) is 0.999. The van der Waals surface area contributed by atoms with Crippen molar-refractivity contribution in [1.82, 2.24) is 10.1 Å². The van der Waals surface area contributed by atoms with E-state index in [2.05, 4.69) is 23.9 Å². The van der Waals surface area contributed by atoms with Crippen molar-refractivity contribution in [3.05, 3.63) is 17.0 Å². The third-order valence-electron chi connectivity index (χ3n) is 2.80. The van der Waals surface area contributed by atoms with Crippen molar-refractivity contribution >= 4 is 0 Å². The predicted octanol–water partition coefficient (Wildman–Crippen LogP) is 1.75. The topological polar surface area (TPSA) is 29.3 Å². The Hall–Kier alpha value is -0.830. The van der Waals surface area contributed by atoms with Crippen LogP contribution < -0.4 is 0 Å². The van der Waals surface area contributed by atoms with Gasteiger partial charge in [0.1, 0.15) is 11.5 Å². The molecule has 0 amide bonds. The molecule has 1 aliphatic rings. The van der Waals surface area contributed by atoms with E-state index in [4.69, 9.17) is 4.52 Å². The lowest BCUT2D eigenvalue weighted by Crippen LogP contribution is -2.35. The van der Waals surface area contributed by atoms with Crippen molar-refractivity contribution < 1.29 is 4.52 Å². The summed E-state index contributed by atoms with van der Waals surface area (Å²) in [5.41, 5.74) is 2.47. The minimum absolute atomic E-state index is 0.602. The first-order valence-electron chi connectivity index (χ1n) is 4.86. The highest BCUT2D eigenvalue weighted by Crippen LogP contribution is 2.22. The monoisotopic (exact) mass is 180 g/mol. The zero-order valence-corrected chi connectivity index (χ0v) is 8.50. The van der Waals surface area contributed by atoms with Crippen molar-refractivity contribution in [3.8, 4) is 0 Å². The number of aromatic nitrogens is 1. The number of aryl methyl sites for hydroxylation is 1. The van der Waals surface area contributed by atoms with Crippen LogP contribution in [0.4, 0.5) is 0 Å². The van der Waals surface area contributed by atoms with E-state index in [-0.39, 0.29) is 0 Å². The van der Waals surface area contributed by atoms with Crippen LogP contribution in [-0.2, 0) is 13.0 Å². The fourth-order valence-electron chi connectivity index (χ4n) is 1.85. The molecule has 0 atom stereocenters. The third-order valence-corrected chi connectivity index (χ3v) is 2.80. The molecule has 0 N–H and O–H groups in total. The van der Waals surface area contributed by atoms with Crippen molar-refractivity contribution in [1.29, 1.82) is 0 Å². The maximum absolute atomic E-state index is 5.17. The molecule has 1 aromatic heterocycles. The minimum atomic E-state index is 0.602. The maximum atomic E-state index is 5.17. The second-order valence-corrected chi connectivity index (χ2v) is 3.98. The first-order valence-corrected chi connectivity index (χ1v) is 4.86. The van der Waals surface area contributed by atoms with Gasteiger partial charge in [0, 0.05) is 24.7 Å². The smallest absolute Gasteiger partial charge is 0.137 e.